The number of anilines is 1. The Kier molecular flexibility index (Phi) is 4.34. The van der Waals surface area contributed by atoms with Crippen LogP contribution in [0.5, 0.6) is 0 Å². The number of sulfonamides is 1. The van der Waals surface area contributed by atoms with Crippen LogP contribution < -0.4 is 10.5 Å². The number of nitrogens with one attached hydrogen (secondary N) is 1. The van der Waals surface area contributed by atoms with Gasteiger partial charge in [0.05, 0.1) is 5.69 Å². The third-order valence-electron chi connectivity index (χ3n) is 3.25. The van der Waals surface area contributed by atoms with Gasteiger partial charge in [-0.3, -0.25) is 4.72 Å². The number of halogens is 1. The number of aromatic nitrogens is 1. The fourth-order valence-corrected chi connectivity index (χ4v) is 3.12. The fourth-order valence-electron chi connectivity index (χ4n) is 2.01. The average molecular weight is 311 g/mol. The number of nitrogens with two attached hydrogens (primary N) is 1. The molecule has 5 nitrogen and oxygen atoms in total. The van der Waals surface area contributed by atoms with Crippen LogP contribution in [-0.2, 0) is 23.1 Å². The normalized spacial score (nSPS) is 11.6. The number of benzene rings is 1. The Labute approximate surface area is 123 Å². The number of hydrogen-bond acceptors (Lipinski definition) is 3. The minimum absolute atomic E-state index is 0.116. The van der Waals surface area contributed by atoms with E-state index in [0.29, 0.717) is 12.1 Å². The summed E-state index contributed by atoms with van der Waals surface area (Å²) in [4.78, 5) is 0.116. The van der Waals surface area contributed by atoms with Crippen molar-refractivity contribution < 1.29 is 12.8 Å². The molecular weight excluding hydrogens is 293 g/mol. The van der Waals surface area contributed by atoms with Gasteiger partial charge in [0.1, 0.15) is 10.7 Å². The summed E-state index contributed by atoms with van der Waals surface area (Å²) < 4.78 is 42.2. The van der Waals surface area contributed by atoms with Gasteiger partial charge in [0.25, 0.3) is 10.0 Å². The maximum Gasteiger partial charge on any atom is 0.263 e. The topological polar surface area (TPSA) is 77.1 Å². The molecule has 0 saturated carbocycles. The minimum atomic E-state index is -3.76. The van der Waals surface area contributed by atoms with Crippen LogP contribution >= 0.6 is 0 Å². The second-order valence-corrected chi connectivity index (χ2v) is 6.41. The summed E-state index contributed by atoms with van der Waals surface area (Å²) in [5.74, 6) is -0.455. The molecule has 0 spiro atoms. The molecular formula is C14H18FN3O2S. The third kappa shape index (κ3) is 3.25. The molecule has 0 atom stereocenters. The average Bonchev–Trinajstić information content (AvgIpc) is 2.86. The molecule has 21 heavy (non-hydrogen) atoms. The lowest BCUT2D eigenvalue weighted by molar-refractivity contribution is 0.600. The van der Waals surface area contributed by atoms with Gasteiger partial charge < -0.3 is 10.3 Å². The minimum Gasteiger partial charge on any atom is -0.349 e. The number of aryl methyl sites for hydroxylation is 2. The number of hydrogen-bond donors (Lipinski definition) is 2. The van der Waals surface area contributed by atoms with Gasteiger partial charge in [-0.15, -0.1) is 0 Å². The summed E-state index contributed by atoms with van der Waals surface area (Å²) >= 11 is 0. The number of nitrogens with zero attached hydrogens (tertiary/aromatic N) is 1. The lowest BCUT2D eigenvalue weighted by atomic mass is 10.2. The molecule has 7 heteroatoms. The van der Waals surface area contributed by atoms with Gasteiger partial charge in [-0.05, 0) is 37.6 Å². The highest BCUT2D eigenvalue weighted by molar-refractivity contribution is 7.92. The molecule has 0 fully saturated rings. The van der Waals surface area contributed by atoms with Crippen molar-refractivity contribution in [3.8, 4) is 0 Å². The standard InChI is InChI=1S/C14H18FN3O2S/c1-3-18-9-13(7-12(18)8-16)21(19,20)17-11-5-4-10(2)14(15)6-11/h4-7,9,17H,3,8,16H2,1-2H3. The van der Waals surface area contributed by atoms with E-state index in [2.05, 4.69) is 4.72 Å². The van der Waals surface area contributed by atoms with Crippen LogP contribution in [0.4, 0.5) is 10.1 Å². The molecule has 1 aromatic heterocycles. The maximum atomic E-state index is 13.5. The largest absolute Gasteiger partial charge is 0.349 e. The van der Waals surface area contributed by atoms with Crippen molar-refractivity contribution in [2.75, 3.05) is 4.72 Å². The van der Waals surface area contributed by atoms with Crippen molar-refractivity contribution in [3.05, 3.63) is 47.5 Å². The van der Waals surface area contributed by atoms with Gasteiger partial charge in [-0.25, -0.2) is 12.8 Å². The Morgan fingerprint density at radius 2 is 2.05 bits per heavy atom. The van der Waals surface area contributed by atoms with Crippen molar-refractivity contribution in [1.82, 2.24) is 4.57 Å². The van der Waals surface area contributed by atoms with Crippen LogP contribution in [0.25, 0.3) is 0 Å². The van der Waals surface area contributed by atoms with Crippen LogP contribution in [0.3, 0.4) is 0 Å². The summed E-state index contributed by atoms with van der Waals surface area (Å²) in [6, 6.07) is 5.73. The lowest BCUT2D eigenvalue weighted by Crippen LogP contribution is -2.12. The molecule has 0 aliphatic heterocycles. The van der Waals surface area contributed by atoms with Crippen molar-refractivity contribution in [2.45, 2.75) is 31.8 Å². The Balaban J connectivity index is 2.33. The smallest absolute Gasteiger partial charge is 0.263 e. The lowest BCUT2D eigenvalue weighted by Gasteiger charge is -2.07. The van der Waals surface area contributed by atoms with Crippen LogP contribution in [0.1, 0.15) is 18.2 Å². The first-order valence-corrected chi connectivity index (χ1v) is 8.03. The second kappa shape index (κ2) is 5.87. The van der Waals surface area contributed by atoms with E-state index >= 15 is 0 Å². The molecule has 114 valence electrons. The van der Waals surface area contributed by atoms with Crippen LogP contribution in [-0.4, -0.2) is 13.0 Å². The van der Waals surface area contributed by atoms with Crippen molar-refractivity contribution in [1.29, 1.82) is 0 Å². The third-order valence-corrected chi connectivity index (χ3v) is 4.59. The quantitative estimate of drug-likeness (QED) is 0.889. The molecule has 0 bridgehead atoms. The highest BCUT2D eigenvalue weighted by Crippen LogP contribution is 2.20. The summed E-state index contributed by atoms with van der Waals surface area (Å²) in [5.41, 5.74) is 6.97. The van der Waals surface area contributed by atoms with E-state index in [1.807, 2.05) is 6.92 Å². The zero-order chi connectivity index (χ0) is 15.6. The summed E-state index contributed by atoms with van der Waals surface area (Å²) in [5, 5.41) is 0. The van der Waals surface area contributed by atoms with Crippen LogP contribution in [0.15, 0.2) is 35.4 Å². The summed E-state index contributed by atoms with van der Waals surface area (Å²) in [7, 11) is -3.76. The summed E-state index contributed by atoms with van der Waals surface area (Å²) in [6.45, 7) is 4.39. The van der Waals surface area contributed by atoms with Gasteiger partial charge in [-0.1, -0.05) is 6.07 Å². The first-order valence-electron chi connectivity index (χ1n) is 6.55. The monoisotopic (exact) mass is 311 g/mol. The second-order valence-electron chi connectivity index (χ2n) is 4.73. The van der Waals surface area contributed by atoms with Gasteiger partial charge in [0, 0.05) is 25.0 Å². The molecule has 0 aliphatic carbocycles. The molecule has 2 rings (SSSR count). The highest BCUT2D eigenvalue weighted by Gasteiger charge is 2.18. The van der Waals surface area contributed by atoms with Gasteiger partial charge >= 0.3 is 0 Å². The maximum absolute atomic E-state index is 13.5. The first-order chi connectivity index (χ1) is 9.87. The van der Waals surface area contributed by atoms with Gasteiger partial charge in [0.2, 0.25) is 0 Å². The molecule has 0 unspecified atom stereocenters. The molecule has 0 aliphatic rings. The molecule has 2 aromatic rings. The molecule has 0 amide bonds. The van der Waals surface area contributed by atoms with Crippen LogP contribution in [0, 0.1) is 12.7 Å². The predicted molar refractivity (Wildman–Crippen MR) is 79.9 cm³/mol. The van der Waals surface area contributed by atoms with E-state index in [1.165, 1.54) is 24.4 Å². The Hall–Kier alpha value is -1.86. The van der Waals surface area contributed by atoms with Gasteiger partial charge in [-0.2, -0.15) is 0 Å². The van der Waals surface area contributed by atoms with E-state index < -0.39 is 15.8 Å². The first kappa shape index (κ1) is 15.5. The highest BCUT2D eigenvalue weighted by atomic mass is 32.2. The van der Waals surface area contributed by atoms with Crippen molar-refractivity contribution in [3.63, 3.8) is 0 Å². The van der Waals surface area contributed by atoms with Crippen LogP contribution in [0.2, 0.25) is 0 Å². The van der Waals surface area contributed by atoms with E-state index in [4.69, 9.17) is 5.73 Å². The van der Waals surface area contributed by atoms with Crippen molar-refractivity contribution in [2.24, 2.45) is 5.73 Å². The van der Waals surface area contributed by atoms with Crippen molar-refractivity contribution >= 4 is 15.7 Å². The van der Waals surface area contributed by atoms with E-state index in [9.17, 15) is 12.8 Å². The Bertz CT molecular complexity index is 732. The molecule has 1 aromatic carbocycles. The predicted octanol–water partition coefficient (Wildman–Crippen LogP) is 2.22. The Morgan fingerprint density at radius 3 is 2.57 bits per heavy atom. The zero-order valence-electron chi connectivity index (χ0n) is 11.9. The molecule has 1 heterocycles. The molecule has 0 saturated heterocycles. The van der Waals surface area contributed by atoms with E-state index in [1.54, 1.807) is 11.5 Å². The zero-order valence-corrected chi connectivity index (χ0v) is 12.7. The fraction of sp³-hybridized carbons (Fsp3) is 0.286. The molecule has 0 radical (unpaired) electrons. The van der Waals surface area contributed by atoms with E-state index in [-0.39, 0.29) is 17.1 Å². The Morgan fingerprint density at radius 1 is 1.33 bits per heavy atom. The van der Waals surface area contributed by atoms with Gasteiger partial charge in [0.15, 0.2) is 0 Å². The summed E-state index contributed by atoms with van der Waals surface area (Å²) in [6.07, 6.45) is 1.52. The molecule has 3 N–H and O–H groups in total. The number of rotatable bonds is 5. The SMILES string of the molecule is CCn1cc(S(=O)(=O)Nc2ccc(C)c(F)c2)cc1CN. The van der Waals surface area contributed by atoms with E-state index in [0.717, 1.165) is 11.8 Å².